The highest BCUT2D eigenvalue weighted by atomic mass is 19.4. The number of hydrogen-bond donors (Lipinski definition) is 0. The number of benzene rings is 1. The Hall–Kier alpha value is -2.59. The molecular formula is C19H21F5N2O4. The molecule has 0 aliphatic carbocycles. The van der Waals surface area contributed by atoms with E-state index in [1.165, 1.54) is 4.90 Å². The summed E-state index contributed by atoms with van der Waals surface area (Å²) in [5.74, 6) is -3.87. The molecule has 6 nitrogen and oxygen atoms in total. The number of amides is 2. The number of rotatable bonds is 3. The van der Waals surface area contributed by atoms with Crippen LogP contribution in [0.25, 0.3) is 0 Å². The van der Waals surface area contributed by atoms with Crippen molar-refractivity contribution >= 4 is 12.0 Å². The van der Waals surface area contributed by atoms with Gasteiger partial charge in [-0.2, -0.15) is 0 Å². The summed E-state index contributed by atoms with van der Waals surface area (Å²) in [5, 5.41) is 0. The highest BCUT2D eigenvalue weighted by molar-refractivity contribution is 5.77. The third-order valence-electron chi connectivity index (χ3n) is 5.03. The summed E-state index contributed by atoms with van der Waals surface area (Å²) in [4.78, 5) is 26.8. The largest absolute Gasteiger partial charge is 0.573 e. The molecule has 1 aromatic carbocycles. The van der Waals surface area contributed by atoms with Crippen LogP contribution in [0.2, 0.25) is 0 Å². The van der Waals surface area contributed by atoms with Gasteiger partial charge in [0.1, 0.15) is 11.5 Å². The van der Waals surface area contributed by atoms with Crippen LogP contribution in [-0.2, 0) is 4.79 Å². The zero-order chi connectivity index (χ0) is 22.1. The van der Waals surface area contributed by atoms with Gasteiger partial charge >= 0.3 is 12.5 Å². The molecule has 0 saturated carbocycles. The van der Waals surface area contributed by atoms with Gasteiger partial charge in [-0.05, 0) is 36.6 Å². The molecule has 2 saturated heterocycles. The Balaban J connectivity index is 1.66. The van der Waals surface area contributed by atoms with Crippen molar-refractivity contribution in [1.29, 1.82) is 0 Å². The van der Waals surface area contributed by atoms with E-state index in [1.54, 1.807) is 0 Å². The molecule has 0 radical (unpaired) electrons. The topological polar surface area (TPSA) is 59.1 Å². The fraction of sp³-hybridized carbons (Fsp3) is 0.579. The molecule has 1 aromatic rings. The Morgan fingerprint density at radius 2 is 1.77 bits per heavy atom. The number of nitrogens with zero attached hydrogens (tertiary/aromatic N) is 2. The first kappa shape index (κ1) is 22.1. The number of piperidine rings is 2. The molecule has 2 fully saturated rings. The van der Waals surface area contributed by atoms with Crippen LogP contribution in [-0.4, -0.2) is 59.8 Å². The van der Waals surface area contributed by atoms with Crippen LogP contribution in [0.4, 0.5) is 26.7 Å². The van der Waals surface area contributed by atoms with Gasteiger partial charge in [0, 0.05) is 25.9 Å². The fourth-order valence-electron chi connectivity index (χ4n) is 3.69. The lowest BCUT2D eigenvalue weighted by Gasteiger charge is -2.44. The fourth-order valence-corrected chi connectivity index (χ4v) is 3.69. The SMILES string of the molecule is C[C@H]1CCC(=O)N(C2CN(C(=O)Oc3ccc(OC(F)(F)F)cc3)CC(F)(F)C2)C1. The second-order valence-corrected chi connectivity index (χ2v) is 7.67. The van der Waals surface area contributed by atoms with Crippen molar-refractivity contribution in [3.63, 3.8) is 0 Å². The highest BCUT2D eigenvalue weighted by Crippen LogP contribution is 2.32. The zero-order valence-electron chi connectivity index (χ0n) is 16.1. The first-order valence-corrected chi connectivity index (χ1v) is 9.42. The Bertz CT molecular complexity index is 784. The standard InChI is InChI=1S/C19H21F5N2O4/c1-12-2-7-16(27)26(9-12)13-8-18(20,21)11-25(10-13)17(28)29-14-3-5-15(6-4-14)30-19(22,23)24/h3-6,12-13H,2,7-11H2,1H3/t12-,13?/m0/s1. The van der Waals surface area contributed by atoms with E-state index in [2.05, 4.69) is 4.74 Å². The Morgan fingerprint density at radius 3 is 2.40 bits per heavy atom. The molecule has 166 valence electrons. The number of hydrogen-bond acceptors (Lipinski definition) is 4. The Morgan fingerprint density at radius 1 is 1.13 bits per heavy atom. The molecule has 0 bridgehead atoms. The maximum absolute atomic E-state index is 14.3. The van der Waals surface area contributed by atoms with E-state index in [0.29, 0.717) is 13.0 Å². The average molecular weight is 436 g/mol. The van der Waals surface area contributed by atoms with Crippen LogP contribution in [0.5, 0.6) is 11.5 Å². The third kappa shape index (κ3) is 5.73. The van der Waals surface area contributed by atoms with E-state index in [4.69, 9.17) is 4.74 Å². The molecule has 0 N–H and O–H groups in total. The maximum Gasteiger partial charge on any atom is 0.573 e. The quantitative estimate of drug-likeness (QED) is 0.671. The van der Waals surface area contributed by atoms with Crippen LogP contribution in [0.15, 0.2) is 24.3 Å². The van der Waals surface area contributed by atoms with Gasteiger partial charge in [0.25, 0.3) is 5.92 Å². The minimum absolute atomic E-state index is 0.109. The number of alkyl halides is 5. The molecule has 2 aliphatic heterocycles. The number of halogens is 5. The van der Waals surface area contributed by atoms with Crippen molar-refractivity contribution in [3.05, 3.63) is 24.3 Å². The predicted octanol–water partition coefficient (Wildman–Crippen LogP) is 4.05. The molecule has 1 unspecified atom stereocenters. The van der Waals surface area contributed by atoms with Crippen molar-refractivity contribution in [2.24, 2.45) is 5.92 Å². The summed E-state index contributed by atoms with van der Waals surface area (Å²) in [7, 11) is 0. The molecule has 11 heteroatoms. The molecule has 2 amide bonds. The van der Waals surface area contributed by atoms with E-state index in [0.717, 1.165) is 29.2 Å². The van der Waals surface area contributed by atoms with Crippen LogP contribution in [0.1, 0.15) is 26.2 Å². The first-order valence-electron chi connectivity index (χ1n) is 9.42. The molecule has 0 spiro atoms. The van der Waals surface area contributed by atoms with Gasteiger partial charge in [0.2, 0.25) is 5.91 Å². The first-order chi connectivity index (χ1) is 13.9. The molecule has 2 atom stereocenters. The number of ether oxygens (including phenoxy) is 2. The summed E-state index contributed by atoms with van der Waals surface area (Å²) in [6.45, 7) is 1.30. The minimum atomic E-state index is -4.87. The summed E-state index contributed by atoms with van der Waals surface area (Å²) >= 11 is 0. The Kier molecular flexibility index (Phi) is 6.09. The molecular weight excluding hydrogens is 415 g/mol. The Labute approximate surface area is 169 Å². The van der Waals surface area contributed by atoms with Crippen molar-refractivity contribution in [1.82, 2.24) is 9.80 Å². The lowest BCUT2D eigenvalue weighted by Crippen LogP contribution is -2.59. The lowest BCUT2D eigenvalue weighted by molar-refractivity contribution is -0.274. The van der Waals surface area contributed by atoms with Gasteiger partial charge in [-0.3, -0.25) is 9.69 Å². The van der Waals surface area contributed by atoms with Gasteiger partial charge in [-0.25, -0.2) is 13.6 Å². The van der Waals surface area contributed by atoms with Gasteiger partial charge in [0.15, 0.2) is 0 Å². The van der Waals surface area contributed by atoms with Crippen molar-refractivity contribution in [3.8, 4) is 11.5 Å². The minimum Gasteiger partial charge on any atom is -0.410 e. The van der Waals surface area contributed by atoms with Crippen molar-refractivity contribution in [2.45, 2.75) is 44.5 Å². The van der Waals surface area contributed by atoms with Gasteiger partial charge in [-0.1, -0.05) is 6.92 Å². The predicted molar refractivity (Wildman–Crippen MR) is 94.2 cm³/mol. The normalized spacial score (nSPS) is 24.5. The van der Waals surface area contributed by atoms with Crippen LogP contribution in [0.3, 0.4) is 0 Å². The number of carbonyl (C=O) groups excluding carboxylic acids is 2. The molecule has 30 heavy (non-hydrogen) atoms. The summed E-state index contributed by atoms with van der Waals surface area (Å²) in [6.07, 6.45) is -5.51. The average Bonchev–Trinajstić information content (AvgIpc) is 2.62. The van der Waals surface area contributed by atoms with Crippen LogP contribution in [0, 0.1) is 5.92 Å². The van der Waals surface area contributed by atoms with E-state index in [-0.39, 0.29) is 30.5 Å². The van der Waals surface area contributed by atoms with Crippen molar-refractivity contribution in [2.75, 3.05) is 19.6 Å². The third-order valence-corrected chi connectivity index (χ3v) is 5.03. The monoisotopic (exact) mass is 436 g/mol. The van der Waals surface area contributed by atoms with E-state index >= 15 is 0 Å². The maximum atomic E-state index is 14.3. The van der Waals surface area contributed by atoms with Gasteiger partial charge in [-0.15, -0.1) is 13.2 Å². The van der Waals surface area contributed by atoms with Crippen LogP contribution < -0.4 is 9.47 Å². The molecule has 0 aromatic heterocycles. The van der Waals surface area contributed by atoms with E-state index in [9.17, 15) is 31.5 Å². The summed E-state index contributed by atoms with van der Waals surface area (Å²) in [6, 6.07) is 3.18. The van der Waals surface area contributed by atoms with Crippen molar-refractivity contribution < 1.29 is 41.0 Å². The number of likely N-dealkylation sites (tertiary alicyclic amines) is 2. The zero-order valence-corrected chi connectivity index (χ0v) is 16.1. The molecule has 2 heterocycles. The second-order valence-electron chi connectivity index (χ2n) is 7.67. The summed E-state index contributed by atoms with van der Waals surface area (Å²) in [5.41, 5.74) is 0. The van der Waals surface area contributed by atoms with E-state index in [1.807, 2.05) is 6.92 Å². The molecule has 2 aliphatic rings. The summed E-state index contributed by atoms with van der Waals surface area (Å²) < 4.78 is 73.9. The van der Waals surface area contributed by atoms with Gasteiger partial charge < -0.3 is 14.4 Å². The lowest BCUT2D eigenvalue weighted by atomic mass is 9.94. The second kappa shape index (κ2) is 8.27. The van der Waals surface area contributed by atoms with Crippen LogP contribution >= 0.6 is 0 Å². The highest BCUT2D eigenvalue weighted by Gasteiger charge is 2.46. The number of carbonyl (C=O) groups is 2. The smallest absolute Gasteiger partial charge is 0.410 e. The van der Waals surface area contributed by atoms with E-state index < -0.39 is 43.1 Å². The van der Waals surface area contributed by atoms with Gasteiger partial charge in [0.05, 0.1) is 12.6 Å². The molecule has 3 rings (SSSR count).